The maximum absolute atomic E-state index is 12.1. The van der Waals surface area contributed by atoms with Gasteiger partial charge in [-0.05, 0) is 50.8 Å². The van der Waals surface area contributed by atoms with Gasteiger partial charge in [-0.3, -0.25) is 4.21 Å². The summed E-state index contributed by atoms with van der Waals surface area (Å²) in [5.74, 6) is 2.46. The molecule has 0 spiro atoms. The van der Waals surface area contributed by atoms with E-state index < -0.39 is 10.8 Å². The third-order valence-corrected chi connectivity index (χ3v) is 6.33. The quantitative estimate of drug-likeness (QED) is 0.244. The molecule has 0 aromatic heterocycles. The molecule has 0 amide bonds. The first-order valence-corrected chi connectivity index (χ1v) is 11.1. The number of halogens is 1. The average Bonchev–Trinajstić information content (AvgIpc) is 2.65. The van der Waals surface area contributed by atoms with Gasteiger partial charge in [0, 0.05) is 34.4 Å². The van der Waals surface area contributed by atoms with Crippen molar-refractivity contribution in [1.82, 2.24) is 10.6 Å². The van der Waals surface area contributed by atoms with Crippen molar-refractivity contribution in [1.29, 1.82) is 0 Å². The highest BCUT2D eigenvalue weighted by Gasteiger charge is 2.25. The lowest BCUT2D eigenvalue weighted by molar-refractivity contribution is 0.328. The molecule has 1 aromatic rings. The van der Waals surface area contributed by atoms with Crippen molar-refractivity contribution in [2.45, 2.75) is 57.7 Å². The number of hydrogen-bond donors (Lipinski definition) is 2. The third kappa shape index (κ3) is 8.81. The summed E-state index contributed by atoms with van der Waals surface area (Å²) in [5.41, 5.74) is 1.19. The largest absolute Gasteiger partial charge is 0.492 e. The summed E-state index contributed by atoms with van der Waals surface area (Å²) in [5, 5.41) is 7.14. The van der Waals surface area contributed by atoms with Crippen LogP contribution in [0.2, 0.25) is 0 Å². The molecule has 3 unspecified atom stereocenters. The summed E-state index contributed by atoms with van der Waals surface area (Å²) in [6.45, 7) is 8.10. The van der Waals surface area contributed by atoms with E-state index in [4.69, 9.17) is 4.74 Å². The van der Waals surface area contributed by atoms with Crippen molar-refractivity contribution in [3.8, 4) is 5.75 Å². The highest BCUT2D eigenvalue weighted by atomic mass is 127. The van der Waals surface area contributed by atoms with E-state index in [1.807, 2.05) is 25.1 Å². The monoisotopic (exact) mass is 507 g/mol. The first-order chi connectivity index (χ1) is 12.6. The summed E-state index contributed by atoms with van der Waals surface area (Å²) in [6, 6.07) is 8.40. The van der Waals surface area contributed by atoms with Crippen molar-refractivity contribution in [3.63, 3.8) is 0 Å². The van der Waals surface area contributed by atoms with Crippen LogP contribution in [0.3, 0.4) is 0 Å². The van der Waals surface area contributed by atoms with Crippen LogP contribution in [0.5, 0.6) is 5.75 Å². The van der Waals surface area contributed by atoms with Gasteiger partial charge in [0.1, 0.15) is 12.4 Å². The van der Waals surface area contributed by atoms with Crippen LogP contribution in [-0.2, 0) is 10.8 Å². The van der Waals surface area contributed by atoms with Gasteiger partial charge in [-0.2, -0.15) is 0 Å². The molecule has 1 fully saturated rings. The minimum Gasteiger partial charge on any atom is -0.492 e. The zero-order valence-corrected chi connectivity index (χ0v) is 19.8. The van der Waals surface area contributed by atoms with Crippen LogP contribution in [-0.4, -0.2) is 46.9 Å². The van der Waals surface area contributed by atoms with Gasteiger partial charge < -0.3 is 15.4 Å². The van der Waals surface area contributed by atoms with Crippen molar-refractivity contribution in [2.75, 3.05) is 25.4 Å². The van der Waals surface area contributed by atoms with Crippen LogP contribution < -0.4 is 15.4 Å². The average molecular weight is 507 g/mol. The molecule has 0 bridgehead atoms. The van der Waals surface area contributed by atoms with E-state index in [-0.39, 0.29) is 24.0 Å². The smallest absolute Gasteiger partial charge is 0.191 e. The Balaban J connectivity index is 0.00000364. The zero-order chi connectivity index (χ0) is 18.8. The molecule has 7 heteroatoms. The fourth-order valence-corrected chi connectivity index (χ4v) is 4.64. The second kappa shape index (κ2) is 13.4. The van der Waals surface area contributed by atoms with Crippen LogP contribution in [0.1, 0.15) is 45.1 Å². The zero-order valence-electron chi connectivity index (χ0n) is 16.7. The van der Waals surface area contributed by atoms with Crippen LogP contribution >= 0.6 is 24.0 Å². The second-order valence-electron chi connectivity index (χ2n) is 6.72. The van der Waals surface area contributed by atoms with Gasteiger partial charge >= 0.3 is 0 Å². The molecular weight excluding hydrogens is 473 g/mol. The highest BCUT2D eigenvalue weighted by Crippen LogP contribution is 2.23. The van der Waals surface area contributed by atoms with Crippen molar-refractivity contribution >= 4 is 40.7 Å². The lowest BCUT2D eigenvalue weighted by Crippen LogP contribution is -2.46. The number of ether oxygens (including phenoxy) is 1. The summed E-state index contributed by atoms with van der Waals surface area (Å²) < 4.78 is 17.9. The first-order valence-electron chi connectivity index (χ1n) is 9.73. The summed E-state index contributed by atoms with van der Waals surface area (Å²) in [6.07, 6.45) is 4.28. The molecule has 1 aliphatic rings. The van der Waals surface area contributed by atoms with Crippen molar-refractivity contribution in [2.24, 2.45) is 4.99 Å². The van der Waals surface area contributed by atoms with Crippen molar-refractivity contribution < 1.29 is 8.95 Å². The minimum atomic E-state index is -0.703. The SMILES string of the molecule is CCNC(=NCCOc1cccc(C)c1)NC1CCCC(S(=O)CC)C1.I. The molecule has 1 aromatic carbocycles. The maximum Gasteiger partial charge on any atom is 0.191 e. The number of nitrogens with zero attached hydrogens (tertiary/aromatic N) is 1. The lowest BCUT2D eigenvalue weighted by atomic mass is 9.95. The molecular formula is C20H34IN3O2S. The van der Waals surface area contributed by atoms with E-state index in [0.717, 1.165) is 49.7 Å². The summed E-state index contributed by atoms with van der Waals surface area (Å²) in [7, 11) is -0.703. The molecule has 2 N–H and O–H groups in total. The number of hydrogen-bond acceptors (Lipinski definition) is 3. The molecule has 154 valence electrons. The number of rotatable bonds is 8. The number of aryl methyl sites for hydroxylation is 1. The molecule has 5 nitrogen and oxygen atoms in total. The van der Waals surface area contributed by atoms with Crippen LogP contribution in [0, 0.1) is 6.92 Å². The molecule has 0 aliphatic heterocycles. The van der Waals surface area contributed by atoms with E-state index in [2.05, 4.69) is 35.5 Å². The van der Waals surface area contributed by atoms with E-state index >= 15 is 0 Å². The Morgan fingerprint density at radius 1 is 1.33 bits per heavy atom. The van der Waals surface area contributed by atoms with Gasteiger partial charge in [0.2, 0.25) is 0 Å². The Morgan fingerprint density at radius 3 is 2.85 bits per heavy atom. The predicted octanol–water partition coefficient (Wildman–Crippen LogP) is 3.63. The van der Waals surface area contributed by atoms with Gasteiger partial charge in [0.25, 0.3) is 0 Å². The maximum atomic E-state index is 12.1. The van der Waals surface area contributed by atoms with Crippen molar-refractivity contribution in [3.05, 3.63) is 29.8 Å². The molecule has 0 heterocycles. The number of benzene rings is 1. The van der Waals surface area contributed by atoms with Gasteiger partial charge in [-0.15, -0.1) is 24.0 Å². The van der Waals surface area contributed by atoms with E-state index in [0.29, 0.717) is 24.4 Å². The molecule has 1 saturated carbocycles. The number of nitrogens with one attached hydrogen (secondary N) is 2. The minimum absolute atomic E-state index is 0. The van der Waals surface area contributed by atoms with Gasteiger partial charge in [0.15, 0.2) is 5.96 Å². The third-order valence-electron chi connectivity index (χ3n) is 4.59. The van der Waals surface area contributed by atoms with E-state index in [9.17, 15) is 4.21 Å². The Morgan fingerprint density at radius 2 is 2.15 bits per heavy atom. The molecule has 27 heavy (non-hydrogen) atoms. The van der Waals surface area contributed by atoms with Gasteiger partial charge in [-0.25, -0.2) is 4.99 Å². The normalized spacial score (nSPS) is 21.1. The lowest BCUT2D eigenvalue weighted by Gasteiger charge is -2.30. The molecule has 3 atom stereocenters. The van der Waals surface area contributed by atoms with Crippen LogP contribution in [0.15, 0.2) is 29.3 Å². The Hall–Kier alpha value is -0.830. The second-order valence-corrected chi connectivity index (χ2v) is 8.73. The Labute approximate surface area is 183 Å². The Bertz CT molecular complexity index is 613. The topological polar surface area (TPSA) is 62.7 Å². The standard InChI is InChI=1S/C20H33N3O2S.HI/c1-4-21-20(22-12-13-25-18-10-6-8-16(3)14-18)23-17-9-7-11-19(15-17)26(24)5-2;/h6,8,10,14,17,19H,4-5,7,9,11-13,15H2,1-3H3,(H2,21,22,23);1H. The molecule has 1 aliphatic carbocycles. The van der Waals surface area contributed by atoms with Crippen LogP contribution in [0.4, 0.5) is 0 Å². The highest BCUT2D eigenvalue weighted by molar-refractivity contribution is 14.0. The van der Waals surface area contributed by atoms with E-state index in [1.54, 1.807) is 0 Å². The molecule has 0 radical (unpaired) electrons. The van der Waals surface area contributed by atoms with Gasteiger partial charge in [-0.1, -0.05) is 25.5 Å². The molecule has 0 saturated heterocycles. The van der Waals surface area contributed by atoms with Gasteiger partial charge in [0.05, 0.1) is 6.54 Å². The fraction of sp³-hybridized carbons (Fsp3) is 0.650. The number of guanidine groups is 1. The first kappa shape index (κ1) is 24.2. The summed E-state index contributed by atoms with van der Waals surface area (Å²) >= 11 is 0. The van der Waals surface area contributed by atoms with E-state index in [1.165, 1.54) is 5.56 Å². The molecule has 2 rings (SSSR count). The summed E-state index contributed by atoms with van der Waals surface area (Å²) in [4.78, 5) is 4.63. The number of aliphatic imine (C=N–C) groups is 1. The fourth-order valence-electron chi connectivity index (χ4n) is 3.29. The Kier molecular flexibility index (Phi) is 12.0. The van der Waals surface area contributed by atoms with Crippen LogP contribution in [0.25, 0.3) is 0 Å². The predicted molar refractivity (Wildman–Crippen MR) is 126 cm³/mol.